The lowest BCUT2D eigenvalue weighted by Gasteiger charge is -2.13. The number of benzene rings is 4. The van der Waals surface area contributed by atoms with Crippen LogP contribution in [0.5, 0.6) is 5.75 Å². The molecule has 0 aliphatic carbocycles. The summed E-state index contributed by atoms with van der Waals surface area (Å²) >= 11 is 1.31. The number of amides is 3. The molecule has 1 aromatic heterocycles. The zero-order valence-corrected chi connectivity index (χ0v) is 27.7. The fraction of sp³-hybridized carbons (Fsp3) is 0.135. The van der Waals surface area contributed by atoms with Gasteiger partial charge in [-0.1, -0.05) is 48.5 Å². The first-order chi connectivity index (χ1) is 23.1. The molecule has 48 heavy (non-hydrogen) atoms. The van der Waals surface area contributed by atoms with Gasteiger partial charge in [-0.25, -0.2) is 4.68 Å². The van der Waals surface area contributed by atoms with Gasteiger partial charge in [-0.2, -0.15) is 0 Å². The van der Waals surface area contributed by atoms with Crippen LogP contribution in [0.25, 0.3) is 11.8 Å². The summed E-state index contributed by atoms with van der Waals surface area (Å²) in [6.07, 6.45) is 1.58. The third-order valence-electron chi connectivity index (χ3n) is 7.53. The van der Waals surface area contributed by atoms with E-state index in [4.69, 9.17) is 4.74 Å². The molecular formula is C37H35N5O5S. The van der Waals surface area contributed by atoms with Crippen molar-refractivity contribution in [3.05, 3.63) is 142 Å². The van der Waals surface area contributed by atoms with Gasteiger partial charge >= 0.3 is 0 Å². The predicted molar refractivity (Wildman–Crippen MR) is 190 cm³/mol. The minimum Gasteiger partial charge on any atom is -0.497 e. The molecule has 1 unspecified atom stereocenters. The number of nitrogens with one attached hydrogen (secondary N) is 3. The van der Waals surface area contributed by atoms with Gasteiger partial charge in [-0.05, 0) is 86.2 Å². The molecule has 3 amide bonds. The highest BCUT2D eigenvalue weighted by atomic mass is 32.2. The number of methoxy groups -OCH3 is 1. The van der Waals surface area contributed by atoms with Crippen molar-refractivity contribution < 1.29 is 19.1 Å². The molecule has 0 saturated carbocycles. The first-order valence-corrected chi connectivity index (χ1v) is 16.0. The number of nitrogens with zero attached hydrogens (tertiary/aromatic N) is 2. The maximum atomic E-state index is 13.4. The number of carbonyl (C=O) groups excluding carboxylic acids is 3. The monoisotopic (exact) mass is 661 g/mol. The van der Waals surface area contributed by atoms with E-state index in [-0.39, 0.29) is 22.9 Å². The maximum absolute atomic E-state index is 13.4. The second-order valence-corrected chi connectivity index (χ2v) is 12.2. The Balaban J connectivity index is 1.26. The lowest BCUT2D eigenvalue weighted by Crippen LogP contribution is -2.30. The van der Waals surface area contributed by atoms with Crippen LogP contribution in [0.3, 0.4) is 0 Å². The van der Waals surface area contributed by atoms with Crippen LogP contribution >= 0.6 is 11.8 Å². The lowest BCUT2D eigenvalue weighted by atomic mass is 10.1. The Kier molecular flexibility index (Phi) is 10.6. The Hall–Kier alpha value is -5.81. The van der Waals surface area contributed by atoms with E-state index in [1.165, 1.54) is 16.4 Å². The van der Waals surface area contributed by atoms with Gasteiger partial charge in [-0.3, -0.25) is 23.9 Å². The van der Waals surface area contributed by atoms with E-state index in [2.05, 4.69) is 16.0 Å². The maximum Gasteiger partial charge on any atom is 0.295 e. The van der Waals surface area contributed by atoms with Gasteiger partial charge in [0, 0.05) is 23.2 Å². The van der Waals surface area contributed by atoms with E-state index in [9.17, 15) is 19.2 Å². The third kappa shape index (κ3) is 7.94. The van der Waals surface area contributed by atoms with Gasteiger partial charge in [-0.15, -0.1) is 11.8 Å². The molecule has 0 bridgehead atoms. The summed E-state index contributed by atoms with van der Waals surface area (Å²) in [5, 5.41) is 7.85. The van der Waals surface area contributed by atoms with E-state index in [1.807, 2.05) is 30.3 Å². The van der Waals surface area contributed by atoms with Crippen molar-refractivity contribution in [2.45, 2.75) is 24.0 Å². The van der Waals surface area contributed by atoms with Crippen molar-refractivity contribution in [3.63, 3.8) is 0 Å². The average molecular weight is 662 g/mol. The number of ether oxygens (including phenoxy) is 1. The van der Waals surface area contributed by atoms with Crippen molar-refractivity contribution in [2.24, 2.45) is 7.05 Å². The van der Waals surface area contributed by atoms with Crippen molar-refractivity contribution in [1.82, 2.24) is 14.7 Å². The van der Waals surface area contributed by atoms with Gasteiger partial charge < -0.3 is 20.7 Å². The fourth-order valence-corrected chi connectivity index (χ4v) is 5.72. The highest BCUT2D eigenvalue weighted by molar-refractivity contribution is 8.00. The first-order valence-electron chi connectivity index (χ1n) is 15.1. The number of hydrogen-bond donors (Lipinski definition) is 3. The van der Waals surface area contributed by atoms with Crippen molar-refractivity contribution in [2.75, 3.05) is 17.7 Å². The van der Waals surface area contributed by atoms with Crippen LogP contribution in [0, 0.1) is 6.92 Å². The van der Waals surface area contributed by atoms with E-state index in [1.54, 1.807) is 118 Å². The molecular weight excluding hydrogens is 627 g/mol. The van der Waals surface area contributed by atoms with Gasteiger partial charge in [0.25, 0.3) is 17.4 Å². The van der Waals surface area contributed by atoms with Gasteiger partial charge in [0.05, 0.1) is 23.7 Å². The predicted octanol–water partition coefficient (Wildman–Crippen LogP) is 6.02. The number of rotatable bonds is 11. The Morgan fingerprint density at radius 1 is 0.854 bits per heavy atom. The molecule has 0 saturated heterocycles. The van der Waals surface area contributed by atoms with E-state index in [0.29, 0.717) is 33.9 Å². The van der Waals surface area contributed by atoms with Crippen molar-refractivity contribution >= 4 is 46.9 Å². The summed E-state index contributed by atoms with van der Waals surface area (Å²) < 4.78 is 8.52. The van der Waals surface area contributed by atoms with Crippen LogP contribution < -0.4 is 26.2 Å². The van der Waals surface area contributed by atoms with E-state index < -0.39 is 17.1 Å². The number of thioether (sulfide) groups is 1. The molecule has 11 heteroatoms. The zero-order chi connectivity index (χ0) is 34.2. The molecule has 0 radical (unpaired) electrons. The van der Waals surface area contributed by atoms with Crippen LogP contribution in [-0.4, -0.2) is 39.4 Å². The quantitative estimate of drug-likeness (QED) is 0.118. The Bertz CT molecular complexity index is 2020. The Labute approximate surface area is 282 Å². The van der Waals surface area contributed by atoms with Gasteiger partial charge in [0.15, 0.2) is 0 Å². The molecule has 5 aromatic rings. The van der Waals surface area contributed by atoms with Crippen LogP contribution in [0.2, 0.25) is 0 Å². The minimum atomic E-state index is -0.528. The molecule has 1 heterocycles. The third-order valence-corrected chi connectivity index (χ3v) is 8.64. The molecule has 0 aliphatic rings. The average Bonchev–Trinajstić information content (AvgIpc) is 3.31. The summed E-state index contributed by atoms with van der Waals surface area (Å²) in [6.45, 7) is 3.54. The van der Waals surface area contributed by atoms with Crippen LogP contribution in [0.1, 0.15) is 28.5 Å². The first kappa shape index (κ1) is 33.6. The highest BCUT2D eigenvalue weighted by Gasteiger charge is 2.22. The smallest absolute Gasteiger partial charge is 0.295 e. The Morgan fingerprint density at radius 3 is 2.19 bits per heavy atom. The number of aromatic nitrogens is 2. The van der Waals surface area contributed by atoms with Gasteiger partial charge in [0.2, 0.25) is 5.91 Å². The molecule has 3 N–H and O–H groups in total. The van der Waals surface area contributed by atoms with E-state index in [0.717, 1.165) is 4.90 Å². The highest BCUT2D eigenvalue weighted by Crippen LogP contribution is 2.26. The fourth-order valence-electron chi connectivity index (χ4n) is 4.85. The number of anilines is 2. The topological polar surface area (TPSA) is 123 Å². The molecule has 4 aromatic carbocycles. The molecule has 0 aliphatic heterocycles. The summed E-state index contributed by atoms with van der Waals surface area (Å²) in [4.78, 5) is 53.5. The second-order valence-electron chi connectivity index (χ2n) is 10.8. The number of para-hydroxylation sites is 1. The molecule has 5 rings (SSSR count). The SMILES string of the molecule is COc1cccc(/C=C(\NC(=O)c2ccccc2)C(=O)Nc2ccc(SC(C)C(=O)Nc3c(C)n(C)n(-c4ccccc4)c3=O)cc2)c1. The van der Waals surface area contributed by atoms with E-state index >= 15 is 0 Å². The summed E-state index contributed by atoms with van der Waals surface area (Å²) in [7, 11) is 3.32. The molecule has 0 fully saturated rings. The van der Waals surface area contributed by atoms with Crippen molar-refractivity contribution in [3.8, 4) is 11.4 Å². The van der Waals surface area contributed by atoms with Crippen LogP contribution in [0.15, 0.2) is 125 Å². The van der Waals surface area contributed by atoms with Crippen LogP contribution in [0.4, 0.5) is 11.4 Å². The molecule has 0 spiro atoms. The zero-order valence-electron chi connectivity index (χ0n) is 26.9. The normalized spacial score (nSPS) is 11.8. The summed E-state index contributed by atoms with van der Waals surface area (Å²) in [5.74, 6) is -0.653. The minimum absolute atomic E-state index is 0.0448. The molecule has 10 nitrogen and oxygen atoms in total. The Morgan fingerprint density at radius 2 is 1.52 bits per heavy atom. The molecule has 1 atom stereocenters. The van der Waals surface area contributed by atoms with Crippen LogP contribution in [-0.2, 0) is 16.6 Å². The summed E-state index contributed by atoms with van der Waals surface area (Å²) in [6, 6.07) is 32.0. The number of hydrogen-bond acceptors (Lipinski definition) is 6. The lowest BCUT2D eigenvalue weighted by molar-refractivity contribution is -0.115. The number of carbonyl (C=O) groups is 3. The van der Waals surface area contributed by atoms with Gasteiger partial charge in [0.1, 0.15) is 17.1 Å². The largest absolute Gasteiger partial charge is 0.497 e. The van der Waals surface area contributed by atoms with Crippen molar-refractivity contribution in [1.29, 1.82) is 0 Å². The molecule has 244 valence electrons. The summed E-state index contributed by atoms with van der Waals surface area (Å²) in [5.41, 5.74) is 2.86. The second kappa shape index (κ2) is 15.2. The standard InChI is InChI=1S/C37H35N5O5S/c1-24-33(37(46)42(41(24)3)29-15-9-6-10-16-29)40-34(43)25(2)48-31-20-18-28(19-21-31)38-36(45)32(23-26-12-11-17-30(22-26)47-4)39-35(44)27-13-7-5-8-14-27/h5-23,25H,1-4H3,(H,38,45)(H,39,44)(H,40,43)/b32-23-.